The molecule has 0 aliphatic heterocycles. The third-order valence-corrected chi connectivity index (χ3v) is 3.05. The van der Waals surface area contributed by atoms with E-state index in [1.807, 2.05) is 25.4 Å². The average molecular weight is 251 g/mol. The van der Waals surface area contributed by atoms with Crippen LogP contribution in [0.5, 0.6) is 0 Å². The highest BCUT2D eigenvalue weighted by atomic mass is 35.5. The SMILES string of the molecule is Cn1ncc(Cl)c1C(N)CCc1cccnc1. The summed E-state index contributed by atoms with van der Waals surface area (Å²) >= 11 is 6.05. The number of rotatable bonds is 4. The lowest BCUT2D eigenvalue weighted by Crippen LogP contribution is -2.16. The molecule has 0 aromatic carbocycles. The summed E-state index contributed by atoms with van der Waals surface area (Å²) in [5, 5.41) is 4.72. The highest BCUT2D eigenvalue weighted by Crippen LogP contribution is 2.23. The van der Waals surface area contributed by atoms with Crippen molar-refractivity contribution in [3.05, 3.63) is 47.0 Å². The smallest absolute Gasteiger partial charge is 0.0833 e. The summed E-state index contributed by atoms with van der Waals surface area (Å²) in [6.07, 6.45) is 6.96. The summed E-state index contributed by atoms with van der Waals surface area (Å²) in [6.45, 7) is 0. The lowest BCUT2D eigenvalue weighted by Gasteiger charge is -2.12. The molecular weight excluding hydrogens is 236 g/mol. The maximum atomic E-state index is 6.12. The molecule has 1 atom stereocenters. The Hall–Kier alpha value is -1.39. The van der Waals surface area contributed by atoms with Gasteiger partial charge in [0.2, 0.25) is 0 Å². The van der Waals surface area contributed by atoms with Crippen molar-refractivity contribution in [1.29, 1.82) is 0 Å². The van der Waals surface area contributed by atoms with Gasteiger partial charge in [0.05, 0.1) is 16.9 Å². The van der Waals surface area contributed by atoms with Crippen molar-refractivity contribution >= 4 is 11.6 Å². The van der Waals surface area contributed by atoms with Gasteiger partial charge in [-0.2, -0.15) is 5.10 Å². The zero-order valence-electron chi connectivity index (χ0n) is 9.68. The zero-order chi connectivity index (χ0) is 12.3. The Labute approximate surface area is 105 Å². The minimum Gasteiger partial charge on any atom is -0.323 e. The molecule has 4 nitrogen and oxygen atoms in total. The van der Waals surface area contributed by atoms with Gasteiger partial charge in [-0.1, -0.05) is 17.7 Å². The zero-order valence-corrected chi connectivity index (χ0v) is 10.4. The Kier molecular flexibility index (Phi) is 3.76. The first-order valence-electron chi connectivity index (χ1n) is 5.50. The second-order valence-electron chi connectivity index (χ2n) is 4.01. The van der Waals surface area contributed by atoms with Gasteiger partial charge in [0, 0.05) is 25.5 Å². The molecule has 0 spiro atoms. The normalized spacial score (nSPS) is 12.6. The van der Waals surface area contributed by atoms with Crippen LogP contribution in [0.4, 0.5) is 0 Å². The van der Waals surface area contributed by atoms with Crippen LogP contribution in [0, 0.1) is 0 Å². The second kappa shape index (κ2) is 5.29. The van der Waals surface area contributed by atoms with Gasteiger partial charge >= 0.3 is 0 Å². The standard InChI is InChI=1S/C12H15ClN4/c1-17-12(10(13)8-16-17)11(14)5-4-9-3-2-6-15-7-9/h2-3,6-8,11H,4-5,14H2,1H3. The summed E-state index contributed by atoms with van der Waals surface area (Å²) in [6, 6.07) is 3.87. The number of hydrogen-bond donors (Lipinski definition) is 1. The van der Waals surface area contributed by atoms with Gasteiger partial charge in [-0.25, -0.2) is 0 Å². The van der Waals surface area contributed by atoms with E-state index in [2.05, 4.69) is 10.1 Å². The summed E-state index contributed by atoms with van der Waals surface area (Å²) < 4.78 is 1.73. The second-order valence-corrected chi connectivity index (χ2v) is 4.41. The Bertz CT molecular complexity index is 461. The van der Waals surface area contributed by atoms with Gasteiger partial charge in [0.15, 0.2) is 0 Å². The summed E-state index contributed by atoms with van der Waals surface area (Å²) in [5.74, 6) is 0. The molecule has 2 rings (SSSR count). The molecule has 2 heterocycles. The molecule has 5 heteroatoms. The third kappa shape index (κ3) is 2.84. The van der Waals surface area contributed by atoms with E-state index in [4.69, 9.17) is 17.3 Å². The molecule has 0 amide bonds. The van der Waals surface area contributed by atoms with E-state index in [1.165, 1.54) is 5.56 Å². The molecule has 90 valence electrons. The topological polar surface area (TPSA) is 56.7 Å². The minimum absolute atomic E-state index is 0.102. The molecular formula is C12H15ClN4. The first-order valence-corrected chi connectivity index (χ1v) is 5.88. The van der Waals surface area contributed by atoms with E-state index in [1.54, 1.807) is 17.1 Å². The van der Waals surface area contributed by atoms with Gasteiger partial charge in [-0.3, -0.25) is 9.67 Å². The van der Waals surface area contributed by atoms with Crippen LogP contribution in [0.15, 0.2) is 30.7 Å². The number of aryl methyl sites for hydroxylation is 2. The molecule has 2 aromatic heterocycles. The van der Waals surface area contributed by atoms with Crippen molar-refractivity contribution in [1.82, 2.24) is 14.8 Å². The van der Waals surface area contributed by atoms with Crippen LogP contribution in [0.25, 0.3) is 0 Å². The van der Waals surface area contributed by atoms with Crippen molar-refractivity contribution in [2.75, 3.05) is 0 Å². The third-order valence-electron chi connectivity index (χ3n) is 2.76. The predicted molar refractivity (Wildman–Crippen MR) is 67.7 cm³/mol. The van der Waals surface area contributed by atoms with Crippen LogP contribution in [-0.4, -0.2) is 14.8 Å². The molecule has 0 saturated carbocycles. The largest absolute Gasteiger partial charge is 0.323 e. The highest BCUT2D eigenvalue weighted by Gasteiger charge is 2.14. The van der Waals surface area contributed by atoms with Crippen LogP contribution in [0.2, 0.25) is 5.02 Å². The molecule has 2 aromatic rings. The monoisotopic (exact) mass is 250 g/mol. The summed E-state index contributed by atoms with van der Waals surface area (Å²) in [4.78, 5) is 4.08. The van der Waals surface area contributed by atoms with Gasteiger partial charge in [-0.05, 0) is 24.5 Å². The molecule has 0 saturated heterocycles. The van der Waals surface area contributed by atoms with Gasteiger partial charge in [0.1, 0.15) is 0 Å². The van der Waals surface area contributed by atoms with Crippen LogP contribution in [-0.2, 0) is 13.5 Å². The summed E-state index contributed by atoms with van der Waals surface area (Å²) in [7, 11) is 1.85. The molecule has 2 N–H and O–H groups in total. The number of nitrogens with zero attached hydrogens (tertiary/aromatic N) is 3. The number of aromatic nitrogens is 3. The fourth-order valence-electron chi connectivity index (χ4n) is 1.84. The molecule has 0 aliphatic rings. The van der Waals surface area contributed by atoms with Crippen molar-refractivity contribution in [3.63, 3.8) is 0 Å². The van der Waals surface area contributed by atoms with Gasteiger partial charge < -0.3 is 5.73 Å². The van der Waals surface area contributed by atoms with E-state index in [0.717, 1.165) is 18.5 Å². The van der Waals surface area contributed by atoms with E-state index < -0.39 is 0 Å². The lowest BCUT2D eigenvalue weighted by atomic mass is 10.1. The fourth-order valence-corrected chi connectivity index (χ4v) is 2.15. The lowest BCUT2D eigenvalue weighted by molar-refractivity contribution is 0.581. The maximum Gasteiger partial charge on any atom is 0.0833 e. The van der Waals surface area contributed by atoms with Gasteiger partial charge in [-0.15, -0.1) is 0 Å². The first-order chi connectivity index (χ1) is 8.18. The van der Waals surface area contributed by atoms with Crippen molar-refractivity contribution < 1.29 is 0 Å². The van der Waals surface area contributed by atoms with Crippen LogP contribution in [0.1, 0.15) is 23.7 Å². The fraction of sp³-hybridized carbons (Fsp3) is 0.333. The van der Waals surface area contributed by atoms with Gasteiger partial charge in [0.25, 0.3) is 0 Å². The first kappa shape index (κ1) is 12.1. The van der Waals surface area contributed by atoms with Crippen LogP contribution < -0.4 is 5.73 Å². The average Bonchev–Trinajstić information content (AvgIpc) is 2.67. The van der Waals surface area contributed by atoms with E-state index >= 15 is 0 Å². The molecule has 0 fully saturated rings. The van der Waals surface area contributed by atoms with Crippen molar-refractivity contribution in [3.8, 4) is 0 Å². The van der Waals surface area contributed by atoms with E-state index in [9.17, 15) is 0 Å². The summed E-state index contributed by atoms with van der Waals surface area (Å²) in [5.41, 5.74) is 8.19. The number of pyridine rings is 1. The Morgan fingerprint density at radius 1 is 1.47 bits per heavy atom. The molecule has 0 bridgehead atoms. The number of nitrogens with two attached hydrogens (primary N) is 1. The molecule has 1 unspecified atom stereocenters. The van der Waals surface area contributed by atoms with Crippen LogP contribution >= 0.6 is 11.6 Å². The maximum absolute atomic E-state index is 6.12. The Morgan fingerprint density at radius 3 is 2.88 bits per heavy atom. The predicted octanol–water partition coefficient (Wildman–Crippen LogP) is 2.10. The highest BCUT2D eigenvalue weighted by molar-refractivity contribution is 6.31. The Balaban J connectivity index is 2.01. The number of hydrogen-bond acceptors (Lipinski definition) is 3. The van der Waals surface area contributed by atoms with E-state index in [0.29, 0.717) is 5.02 Å². The number of halogens is 1. The van der Waals surface area contributed by atoms with Crippen LogP contribution in [0.3, 0.4) is 0 Å². The van der Waals surface area contributed by atoms with E-state index in [-0.39, 0.29) is 6.04 Å². The molecule has 17 heavy (non-hydrogen) atoms. The minimum atomic E-state index is -0.102. The quantitative estimate of drug-likeness (QED) is 0.904. The van der Waals surface area contributed by atoms with Crippen molar-refractivity contribution in [2.24, 2.45) is 12.8 Å². The van der Waals surface area contributed by atoms with Crippen molar-refractivity contribution in [2.45, 2.75) is 18.9 Å². The molecule has 0 aliphatic carbocycles. The molecule has 0 radical (unpaired) electrons. The Morgan fingerprint density at radius 2 is 2.29 bits per heavy atom.